The lowest BCUT2D eigenvalue weighted by Gasteiger charge is -2.17. The molecule has 0 saturated heterocycles. The number of halogens is 2. The fraction of sp³-hybridized carbons (Fsp3) is 0.133. The number of fused-ring (bicyclic) bond motifs is 1. The lowest BCUT2D eigenvalue weighted by molar-refractivity contribution is 0.528. The van der Waals surface area contributed by atoms with Gasteiger partial charge in [-0.2, -0.15) is 0 Å². The maximum atomic E-state index is 14.0. The Bertz CT molecular complexity index is 774. The third-order valence-electron chi connectivity index (χ3n) is 3.38. The van der Waals surface area contributed by atoms with Crippen molar-refractivity contribution in [3.8, 4) is 0 Å². The van der Waals surface area contributed by atoms with Gasteiger partial charge in [-0.15, -0.1) is 11.3 Å². The number of hydrazine groups is 1. The van der Waals surface area contributed by atoms with Crippen LogP contribution in [0.25, 0.3) is 10.2 Å². The summed E-state index contributed by atoms with van der Waals surface area (Å²) >= 11 is 7.43. The molecule has 0 aliphatic carbocycles. The molecule has 3 N–H and O–H groups in total. The Balaban J connectivity index is 1.92. The number of nitrogens with two attached hydrogens (primary N) is 1. The first-order valence-corrected chi connectivity index (χ1v) is 7.67. The van der Waals surface area contributed by atoms with E-state index >= 15 is 0 Å². The Morgan fingerprint density at radius 3 is 3.05 bits per heavy atom. The molecule has 0 fully saturated rings. The fourth-order valence-electron chi connectivity index (χ4n) is 2.25. The summed E-state index contributed by atoms with van der Waals surface area (Å²) in [5, 5.41) is 2.11. The van der Waals surface area contributed by atoms with Crippen LogP contribution in [0.4, 0.5) is 4.39 Å². The lowest BCUT2D eigenvalue weighted by Crippen LogP contribution is -2.29. The topological polar surface area (TPSA) is 50.9 Å². The van der Waals surface area contributed by atoms with Crippen LogP contribution in [-0.2, 0) is 6.42 Å². The van der Waals surface area contributed by atoms with Gasteiger partial charge in [-0.05, 0) is 41.1 Å². The van der Waals surface area contributed by atoms with E-state index in [0.29, 0.717) is 12.0 Å². The average molecular weight is 322 g/mol. The van der Waals surface area contributed by atoms with Gasteiger partial charge in [-0.25, -0.2) is 4.39 Å². The Labute approximate surface area is 130 Å². The summed E-state index contributed by atoms with van der Waals surface area (Å²) in [7, 11) is 0. The van der Waals surface area contributed by atoms with Crippen molar-refractivity contribution in [2.75, 3.05) is 0 Å². The average Bonchev–Trinajstić information content (AvgIpc) is 2.96. The molecule has 1 unspecified atom stereocenters. The van der Waals surface area contributed by atoms with Crippen molar-refractivity contribution in [2.45, 2.75) is 12.5 Å². The predicted molar refractivity (Wildman–Crippen MR) is 84.8 cm³/mol. The van der Waals surface area contributed by atoms with Crippen molar-refractivity contribution in [1.82, 2.24) is 10.4 Å². The Kier molecular flexibility index (Phi) is 4.17. The first-order valence-electron chi connectivity index (χ1n) is 6.41. The highest BCUT2D eigenvalue weighted by atomic mass is 35.5. The molecule has 3 rings (SSSR count). The van der Waals surface area contributed by atoms with Crippen molar-refractivity contribution in [3.63, 3.8) is 0 Å². The van der Waals surface area contributed by atoms with E-state index in [1.54, 1.807) is 29.7 Å². The third-order valence-corrected chi connectivity index (χ3v) is 4.53. The molecule has 108 valence electrons. The SMILES string of the molecule is NNC(Cc1cccc(Cl)c1F)c1cnc2ccsc2c1. The van der Waals surface area contributed by atoms with Gasteiger partial charge in [0.1, 0.15) is 5.82 Å². The largest absolute Gasteiger partial charge is 0.271 e. The van der Waals surface area contributed by atoms with Crippen LogP contribution in [0.15, 0.2) is 41.9 Å². The van der Waals surface area contributed by atoms with Gasteiger partial charge in [0.25, 0.3) is 0 Å². The summed E-state index contributed by atoms with van der Waals surface area (Å²) in [6, 6.07) is 8.74. The molecule has 21 heavy (non-hydrogen) atoms. The molecule has 0 saturated carbocycles. The van der Waals surface area contributed by atoms with Crippen LogP contribution in [0.2, 0.25) is 5.02 Å². The van der Waals surface area contributed by atoms with Gasteiger partial charge in [-0.1, -0.05) is 23.7 Å². The molecule has 0 radical (unpaired) electrons. The van der Waals surface area contributed by atoms with E-state index in [0.717, 1.165) is 15.8 Å². The van der Waals surface area contributed by atoms with Crippen LogP contribution in [0.1, 0.15) is 17.2 Å². The monoisotopic (exact) mass is 321 g/mol. The van der Waals surface area contributed by atoms with Crippen molar-refractivity contribution in [1.29, 1.82) is 0 Å². The Morgan fingerprint density at radius 2 is 2.24 bits per heavy atom. The minimum Gasteiger partial charge on any atom is -0.271 e. The van der Waals surface area contributed by atoms with Gasteiger partial charge in [0, 0.05) is 6.20 Å². The number of nitrogens with one attached hydrogen (secondary N) is 1. The molecule has 0 amide bonds. The van der Waals surface area contributed by atoms with E-state index in [-0.39, 0.29) is 11.1 Å². The Morgan fingerprint density at radius 1 is 1.38 bits per heavy atom. The summed E-state index contributed by atoms with van der Waals surface area (Å²) in [5.74, 6) is 5.23. The Hall–Kier alpha value is -1.53. The van der Waals surface area contributed by atoms with Crippen LogP contribution in [0, 0.1) is 5.82 Å². The minimum atomic E-state index is -0.399. The van der Waals surface area contributed by atoms with Crippen molar-refractivity contribution < 1.29 is 4.39 Å². The summed E-state index contributed by atoms with van der Waals surface area (Å²) in [5.41, 5.74) is 5.13. The van der Waals surface area contributed by atoms with Crippen molar-refractivity contribution in [3.05, 3.63) is 63.9 Å². The highest BCUT2D eigenvalue weighted by molar-refractivity contribution is 7.17. The molecule has 3 aromatic rings. The first kappa shape index (κ1) is 14.4. The maximum absolute atomic E-state index is 14.0. The molecule has 0 aliphatic rings. The van der Waals surface area contributed by atoms with Crippen LogP contribution < -0.4 is 11.3 Å². The zero-order chi connectivity index (χ0) is 14.8. The number of nitrogens with zero attached hydrogens (tertiary/aromatic N) is 1. The van der Waals surface area contributed by atoms with Crippen LogP contribution in [-0.4, -0.2) is 4.98 Å². The number of aromatic nitrogens is 1. The third kappa shape index (κ3) is 2.91. The molecule has 6 heteroatoms. The summed E-state index contributed by atoms with van der Waals surface area (Å²) < 4.78 is 15.1. The molecule has 0 spiro atoms. The van der Waals surface area contributed by atoms with Crippen LogP contribution >= 0.6 is 22.9 Å². The normalized spacial score (nSPS) is 12.7. The second kappa shape index (κ2) is 6.07. The van der Waals surface area contributed by atoms with E-state index < -0.39 is 5.82 Å². The van der Waals surface area contributed by atoms with Crippen LogP contribution in [0.3, 0.4) is 0 Å². The minimum absolute atomic E-state index is 0.120. The molecule has 2 heterocycles. The van der Waals surface area contributed by atoms with Gasteiger partial charge in [0.2, 0.25) is 0 Å². The van der Waals surface area contributed by atoms with E-state index in [1.165, 1.54) is 6.07 Å². The molecule has 0 bridgehead atoms. The number of rotatable bonds is 4. The molecular weight excluding hydrogens is 309 g/mol. The summed E-state index contributed by atoms with van der Waals surface area (Å²) in [6.45, 7) is 0. The first-order chi connectivity index (χ1) is 10.2. The summed E-state index contributed by atoms with van der Waals surface area (Å²) in [6.07, 6.45) is 2.17. The van der Waals surface area contributed by atoms with Crippen molar-refractivity contribution >= 4 is 33.2 Å². The second-order valence-electron chi connectivity index (χ2n) is 4.71. The van der Waals surface area contributed by atoms with E-state index in [1.807, 2.05) is 17.5 Å². The van der Waals surface area contributed by atoms with Gasteiger partial charge in [0.15, 0.2) is 0 Å². The van der Waals surface area contributed by atoms with Gasteiger partial charge in [-0.3, -0.25) is 16.3 Å². The maximum Gasteiger partial charge on any atom is 0.145 e. The number of thiophene rings is 1. The molecule has 0 aliphatic heterocycles. The lowest BCUT2D eigenvalue weighted by atomic mass is 10.0. The molecular formula is C15H13ClFN3S. The number of hydrogen-bond donors (Lipinski definition) is 2. The zero-order valence-electron chi connectivity index (χ0n) is 11.0. The molecule has 1 aromatic carbocycles. The van der Waals surface area contributed by atoms with Crippen molar-refractivity contribution in [2.24, 2.45) is 5.84 Å². The second-order valence-corrected chi connectivity index (χ2v) is 6.06. The zero-order valence-corrected chi connectivity index (χ0v) is 12.6. The number of hydrogen-bond acceptors (Lipinski definition) is 4. The van der Waals surface area contributed by atoms with E-state index in [4.69, 9.17) is 17.4 Å². The van der Waals surface area contributed by atoms with Crippen LogP contribution in [0.5, 0.6) is 0 Å². The molecule has 1 atom stereocenters. The van der Waals surface area contributed by atoms with Gasteiger partial charge >= 0.3 is 0 Å². The standard InChI is InChI=1S/C15H13ClFN3S/c16-11-3-1-2-9(15(11)17)6-13(20-18)10-7-14-12(19-8-10)4-5-21-14/h1-5,7-8,13,20H,6,18H2. The molecule has 3 nitrogen and oxygen atoms in total. The van der Waals surface area contributed by atoms with E-state index in [2.05, 4.69) is 10.4 Å². The highest BCUT2D eigenvalue weighted by Gasteiger charge is 2.15. The number of benzene rings is 1. The summed E-state index contributed by atoms with van der Waals surface area (Å²) in [4.78, 5) is 4.39. The van der Waals surface area contributed by atoms with Gasteiger partial charge in [0.05, 0.1) is 21.3 Å². The molecule has 2 aromatic heterocycles. The number of pyridine rings is 1. The quantitative estimate of drug-likeness (QED) is 0.567. The smallest absolute Gasteiger partial charge is 0.145 e. The predicted octanol–water partition coefficient (Wildman–Crippen LogP) is 3.84. The fourth-order valence-corrected chi connectivity index (χ4v) is 3.23. The van der Waals surface area contributed by atoms with E-state index in [9.17, 15) is 4.39 Å². The highest BCUT2D eigenvalue weighted by Crippen LogP contribution is 2.26. The van der Waals surface area contributed by atoms with Gasteiger partial charge < -0.3 is 0 Å².